The lowest BCUT2D eigenvalue weighted by Crippen LogP contribution is -2.20. The van der Waals surface area contributed by atoms with Crippen LogP contribution in [0.1, 0.15) is 25.5 Å². The minimum absolute atomic E-state index is 0.0458. The van der Waals surface area contributed by atoms with E-state index in [0.717, 1.165) is 5.56 Å². The van der Waals surface area contributed by atoms with E-state index >= 15 is 0 Å². The van der Waals surface area contributed by atoms with Crippen molar-refractivity contribution in [1.29, 1.82) is 0 Å². The van der Waals surface area contributed by atoms with Gasteiger partial charge in [-0.2, -0.15) is 0 Å². The average Bonchev–Trinajstić information content (AvgIpc) is 2.29. The Hall–Kier alpha value is -1.11. The summed E-state index contributed by atoms with van der Waals surface area (Å²) in [5, 5.41) is 0. The number of hydrogen-bond acceptors (Lipinski definition) is 4. The van der Waals surface area contributed by atoms with Crippen molar-refractivity contribution in [2.45, 2.75) is 19.9 Å². The fourth-order valence-corrected chi connectivity index (χ4v) is 2.33. The molecule has 0 amide bonds. The SMILES string of the molecule is CCOCCS(=O)(=O)Nc1ccc(C(C)N)cc1. The first-order valence-electron chi connectivity index (χ1n) is 5.88. The number of ether oxygens (including phenoxy) is 1. The number of nitrogens with two attached hydrogens (primary N) is 1. The van der Waals surface area contributed by atoms with Crippen LogP contribution in [-0.4, -0.2) is 27.4 Å². The van der Waals surface area contributed by atoms with Crippen molar-refractivity contribution in [2.24, 2.45) is 5.73 Å². The molecular formula is C12H20N2O3S. The van der Waals surface area contributed by atoms with Gasteiger partial charge in [0.2, 0.25) is 10.0 Å². The second kappa shape index (κ2) is 6.72. The van der Waals surface area contributed by atoms with Gasteiger partial charge in [-0.25, -0.2) is 8.42 Å². The van der Waals surface area contributed by atoms with Crippen molar-refractivity contribution < 1.29 is 13.2 Å². The van der Waals surface area contributed by atoms with Crippen molar-refractivity contribution in [3.8, 4) is 0 Å². The van der Waals surface area contributed by atoms with E-state index in [9.17, 15) is 8.42 Å². The summed E-state index contributed by atoms with van der Waals surface area (Å²) in [5.41, 5.74) is 7.22. The number of nitrogens with one attached hydrogen (secondary N) is 1. The summed E-state index contributed by atoms with van der Waals surface area (Å²) in [7, 11) is -3.35. The normalized spacial score (nSPS) is 13.3. The zero-order valence-electron chi connectivity index (χ0n) is 10.7. The van der Waals surface area contributed by atoms with Gasteiger partial charge >= 0.3 is 0 Å². The summed E-state index contributed by atoms with van der Waals surface area (Å²) in [6.45, 7) is 4.41. The van der Waals surface area contributed by atoms with E-state index in [2.05, 4.69) is 4.72 Å². The summed E-state index contributed by atoms with van der Waals surface area (Å²) < 4.78 is 30.9. The predicted octanol–water partition coefficient (Wildman–Crippen LogP) is 1.48. The lowest BCUT2D eigenvalue weighted by atomic mass is 10.1. The van der Waals surface area contributed by atoms with Gasteiger partial charge in [0, 0.05) is 18.3 Å². The molecule has 0 aliphatic rings. The van der Waals surface area contributed by atoms with Crippen LogP contribution in [-0.2, 0) is 14.8 Å². The largest absolute Gasteiger partial charge is 0.381 e. The molecule has 102 valence electrons. The highest BCUT2D eigenvalue weighted by Gasteiger charge is 2.10. The minimum atomic E-state index is -3.35. The number of anilines is 1. The van der Waals surface area contributed by atoms with Gasteiger partial charge in [0.1, 0.15) is 0 Å². The Morgan fingerprint density at radius 2 is 1.94 bits per heavy atom. The van der Waals surface area contributed by atoms with Crippen LogP contribution in [0.4, 0.5) is 5.69 Å². The molecular weight excluding hydrogens is 252 g/mol. The van der Waals surface area contributed by atoms with Crippen molar-refractivity contribution >= 4 is 15.7 Å². The highest BCUT2D eigenvalue weighted by Crippen LogP contribution is 2.15. The molecule has 0 aromatic heterocycles. The van der Waals surface area contributed by atoms with Crippen molar-refractivity contribution in [3.63, 3.8) is 0 Å². The maximum atomic E-state index is 11.7. The fraction of sp³-hybridized carbons (Fsp3) is 0.500. The maximum absolute atomic E-state index is 11.7. The van der Waals surface area contributed by atoms with Crippen LogP contribution in [0.2, 0.25) is 0 Å². The van der Waals surface area contributed by atoms with Crippen LogP contribution < -0.4 is 10.5 Å². The summed E-state index contributed by atoms with van der Waals surface area (Å²) in [4.78, 5) is 0. The Labute approximate surface area is 108 Å². The second-order valence-corrected chi connectivity index (χ2v) is 5.87. The smallest absolute Gasteiger partial charge is 0.234 e. The van der Waals surface area contributed by atoms with E-state index in [0.29, 0.717) is 12.3 Å². The van der Waals surface area contributed by atoms with Gasteiger partial charge in [-0.15, -0.1) is 0 Å². The van der Waals surface area contributed by atoms with E-state index in [1.54, 1.807) is 12.1 Å². The van der Waals surface area contributed by atoms with Crippen molar-refractivity contribution in [3.05, 3.63) is 29.8 Å². The molecule has 18 heavy (non-hydrogen) atoms. The third-order valence-corrected chi connectivity index (χ3v) is 3.66. The van der Waals surface area contributed by atoms with Crippen LogP contribution in [0.25, 0.3) is 0 Å². The Morgan fingerprint density at radius 1 is 1.33 bits per heavy atom. The predicted molar refractivity (Wildman–Crippen MR) is 72.9 cm³/mol. The van der Waals surface area contributed by atoms with Crippen LogP contribution in [0.15, 0.2) is 24.3 Å². The van der Waals surface area contributed by atoms with Crippen LogP contribution in [0, 0.1) is 0 Å². The molecule has 0 saturated carbocycles. The molecule has 0 aliphatic carbocycles. The molecule has 0 aliphatic heterocycles. The van der Waals surface area contributed by atoms with Crippen molar-refractivity contribution in [2.75, 3.05) is 23.7 Å². The van der Waals surface area contributed by atoms with Gasteiger partial charge in [-0.1, -0.05) is 12.1 Å². The Balaban J connectivity index is 2.61. The molecule has 1 aromatic rings. The van der Waals surface area contributed by atoms with Crippen molar-refractivity contribution in [1.82, 2.24) is 0 Å². The lowest BCUT2D eigenvalue weighted by Gasteiger charge is -2.10. The molecule has 0 fully saturated rings. The van der Waals surface area contributed by atoms with Gasteiger partial charge in [-0.05, 0) is 31.5 Å². The molecule has 1 aromatic carbocycles. The average molecular weight is 272 g/mol. The zero-order chi connectivity index (χ0) is 13.6. The lowest BCUT2D eigenvalue weighted by molar-refractivity contribution is 0.163. The second-order valence-electron chi connectivity index (χ2n) is 4.03. The first-order chi connectivity index (χ1) is 8.44. The molecule has 0 radical (unpaired) electrons. The van der Waals surface area contributed by atoms with Gasteiger partial charge < -0.3 is 10.5 Å². The summed E-state index contributed by atoms with van der Waals surface area (Å²) in [6, 6.07) is 6.97. The fourth-order valence-electron chi connectivity index (χ4n) is 1.40. The maximum Gasteiger partial charge on any atom is 0.234 e. The summed E-state index contributed by atoms with van der Waals surface area (Å²) in [5.74, 6) is -0.0458. The monoisotopic (exact) mass is 272 g/mol. The minimum Gasteiger partial charge on any atom is -0.381 e. The molecule has 1 atom stereocenters. The van der Waals surface area contributed by atoms with Crippen LogP contribution in [0.3, 0.4) is 0 Å². The van der Waals surface area contributed by atoms with Gasteiger partial charge in [-0.3, -0.25) is 4.72 Å². The van der Waals surface area contributed by atoms with Gasteiger partial charge in [0.25, 0.3) is 0 Å². The van der Waals surface area contributed by atoms with Crippen LogP contribution >= 0.6 is 0 Å². The molecule has 6 heteroatoms. The van der Waals surface area contributed by atoms with E-state index in [4.69, 9.17) is 10.5 Å². The molecule has 3 N–H and O–H groups in total. The highest BCUT2D eigenvalue weighted by atomic mass is 32.2. The molecule has 5 nitrogen and oxygen atoms in total. The van der Waals surface area contributed by atoms with E-state index in [1.807, 2.05) is 26.0 Å². The van der Waals surface area contributed by atoms with Gasteiger partial charge in [0.05, 0.1) is 12.4 Å². The standard InChI is InChI=1S/C12H20N2O3S/c1-3-17-8-9-18(15,16)14-12-6-4-11(5-7-12)10(2)13/h4-7,10,14H,3,8-9,13H2,1-2H3. The van der Waals surface area contributed by atoms with E-state index < -0.39 is 10.0 Å². The first-order valence-corrected chi connectivity index (χ1v) is 7.53. The Bertz CT molecular complexity index is 455. The topological polar surface area (TPSA) is 81.4 Å². The molecule has 1 unspecified atom stereocenters. The summed E-state index contributed by atoms with van der Waals surface area (Å²) in [6.07, 6.45) is 0. The third kappa shape index (κ3) is 5.03. The molecule has 0 spiro atoms. The molecule has 0 bridgehead atoms. The molecule has 0 saturated heterocycles. The Morgan fingerprint density at radius 3 is 2.44 bits per heavy atom. The quantitative estimate of drug-likeness (QED) is 0.737. The zero-order valence-corrected chi connectivity index (χ0v) is 11.5. The Kier molecular flexibility index (Phi) is 5.58. The number of sulfonamides is 1. The van der Waals surface area contributed by atoms with Crippen LogP contribution in [0.5, 0.6) is 0 Å². The number of rotatable bonds is 7. The van der Waals surface area contributed by atoms with Gasteiger partial charge in [0.15, 0.2) is 0 Å². The molecule has 0 heterocycles. The number of benzene rings is 1. The summed E-state index contributed by atoms with van der Waals surface area (Å²) >= 11 is 0. The third-order valence-electron chi connectivity index (χ3n) is 2.41. The number of hydrogen-bond donors (Lipinski definition) is 2. The first kappa shape index (κ1) is 14.9. The van der Waals surface area contributed by atoms with E-state index in [1.165, 1.54) is 0 Å². The highest BCUT2D eigenvalue weighted by molar-refractivity contribution is 7.92. The molecule has 1 rings (SSSR count). The van der Waals surface area contributed by atoms with E-state index in [-0.39, 0.29) is 18.4 Å².